The third-order valence-electron chi connectivity index (χ3n) is 5.47. The van der Waals surface area contributed by atoms with Crippen LogP contribution in [0.5, 0.6) is 5.75 Å². The number of carbonyl (C=O) groups excluding carboxylic acids is 1. The van der Waals surface area contributed by atoms with Crippen molar-refractivity contribution in [1.82, 2.24) is 0 Å². The van der Waals surface area contributed by atoms with Crippen LogP contribution in [0, 0.1) is 20.8 Å². The Hall–Kier alpha value is -3.01. The zero-order chi connectivity index (χ0) is 21.3. The topological polar surface area (TPSA) is 51.5 Å². The highest BCUT2D eigenvalue weighted by Crippen LogP contribution is 2.38. The molecular formula is C25H29NO3. The monoisotopic (exact) mass is 391 g/mol. The average Bonchev–Trinajstić information content (AvgIpc) is 2.96. The van der Waals surface area contributed by atoms with Crippen molar-refractivity contribution in [3.05, 3.63) is 64.4 Å². The van der Waals surface area contributed by atoms with Crippen LogP contribution in [0.25, 0.3) is 16.5 Å². The molecule has 1 N–H and O–H groups in total. The van der Waals surface area contributed by atoms with Crippen LogP contribution in [-0.4, -0.2) is 13.0 Å². The molecule has 4 heteroatoms. The van der Waals surface area contributed by atoms with E-state index in [0.29, 0.717) is 5.92 Å². The van der Waals surface area contributed by atoms with E-state index in [4.69, 9.17) is 9.15 Å². The standard InChI is InChI=1S/C25H29NO3/c1-14(2)19-8-10-20(11-9-19)26-23(27)12-15(3)21-13-22-16(4)18(6)29-25(22)17(5)24(21)28-7/h8-14H,1-7H3,(H,26,27)/b15-12+. The Morgan fingerprint density at radius 2 is 1.76 bits per heavy atom. The molecule has 0 fully saturated rings. The molecule has 152 valence electrons. The quantitative estimate of drug-likeness (QED) is 0.503. The predicted molar refractivity (Wildman–Crippen MR) is 120 cm³/mol. The van der Waals surface area contributed by atoms with Gasteiger partial charge >= 0.3 is 0 Å². The van der Waals surface area contributed by atoms with Gasteiger partial charge < -0.3 is 14.5 Å². The van der Waals surface area contributed by atoms with Crippen LogP contribution in [0.15, 0.2) is 40.8 Å². The molecule has 0 spiro atoms. The second-order valence-electron chi connectivity index (χ2n) is 7.84. The van der Waals surface area contributed by atoms with Crippen molar-refractivity contribution in [2.45, 2.75) is 47.5 Å². The number of furan rings is 1. The molecule has 0 atom stereocenters. The van der Waals surface area contributed by atoms with Crippen molar-refractivity contribution in [3.63, 3.8) is 0 Å². The summed E-state index contributed by atoms with van der Waals surface area (Å²) in [6.45, 7) is 12.2. The van der Waals surface area contributed by atoms with E-state index in [1.165, 1.54) is 5.56 Å². The number of ether oxygens (including phenoxy) is 1. The highest BCUT2D eigenvalue weighted by molar-refractivity contribution is 6.05. The molecule has 0 aliphatic rings. The first kappa shape index (κ1) is 20.7. The summed E-state index contributed by atoms with van der Waals surface area (Å²) < 4.78 is 11.6. The molecule has 4 nitrogen and oxygen atoms in total. The van der Waals surface area contributed by atoms with Crippen molar-refractivity contribution in [3.8, 4) is 5.75 Å². The molecule has 29 heavy (non-hydrogen) atoms. The van der Waals surface area contributed by atoms with Crippen molar-refractivity contribution in [2.24, 2.45) is 0 Å². The Balaban J connectivity index is 1.93. The number of methoxy groups -OCH3 is 1. The Labute approximate surface area is 172 Å². The maximum absolute atomic E-state index is 12.6. The van der Waals surface area contributed by atoms with Gasteiger partial charge in [-0.25, -0.2) is 0 Å². The Bertz CT molecular complexity index is 1090. The summed E-state index contributed by atoms with van der Waals surface area (Å²) in [4.78, 5) is 12.6. The minimum atomic E-state index is -0.167. The maximum Gasteiger partial charge on any atom is 0.248 e. The second kappa shape index (κ2) is 8.16. The lowest BCUT2D eigenvalue weighted by molar-refractivity contribution is -0.111. The van der Waals surface area contributed by atoms with Crippen LogP contribution < -0.4 is 10.1 Å². The largest absolute Gasteiger partial charge is 0.496 e. The fraction of sp³-hybridized carbons (Fsp3) is 0.320. The van der Waals surface area contributed by atoms with Crippen molar-refractivity contribution < 1.29 is 13.9 Å². The lowest BCUT2D eigenvalue weighted by Crippen LogP contribution is -2.09. The number of allylic oxidation sites excluding steroid dienone is 1. The second-order valence-corrected chi connectivity index (χ2v) is 7.84. The van der Waals surface area contributed by atoms with Gasteiger partial charge in [-0.1, -0.05) is 26.0 Å². The number of amides is 1. The van der Waals surface area contributed by atoms with Gasteiger partial charge in [0.1, 0.15) is 17.1 Å². The van der Waals surface area contributed by atoms with Gasteiger partial charge in [-0.05, 0) is 68.5 Å². The summed E-state index contributed by atoms with van der Waals surface area (Å²) in [7, 11) is 1.64. The minimum Gasteiger partial charge on any atom is -0.496 e. The van der Waals surface area contributed by atoms with E-state index >= 15 is 0 Å². The number of anilines is 1. The lowest BCUT2D eigenvalue weighted by Gasteiger charge is -2.13. The zero-order valence-electron chi connectivity index (χ0n) is 18.3. The van der Waals surface area contributed by atoms with Gasteiger partial charge in [0.05, 0.1) is 7.11 Å². The number of hydrogen-bond acceptors (Lipinski definition) is 3. The van der Waals surface area contributed by atoms with Crippen LogP contribution in [0.1, 0.15) is 54.7 Å². The van der Waals surface area contributed by atoms with E-state index in [1.54, 1.807) is 13.2 Å². The summed E-state index contributed by atoms with van der Waals surface area (Å²) >= 11 is 0. The highest BCUT2D eigenvalue weighted by Gasteiger charge is 2.18. The first-order chi connectivity index (χ1) is 13.7. The van der Waals surface area contributed by atoms with Crippen LogP contribution in [0.3, 0.4) is 0 Å². The van der Waals surface area contributed by atoms with Gasteiger partial charge in [0, 0.05) is 28.3 Å². The summed E-state index contributed by atoms with van der Waals surface area (Å²) in [5, 5.41) is 3.99. The van der Waals surface area contributed by atoms with Crippen LogP contribution in [-0.2, 0) is 4.79 Å². The van der Waals surface area contributed by atoms with Crippen molar-refractivity contribution in [1.29, 1.82) is 0 Å². The summed E-state index contributed by atoms with van der Waals surface area (Å²) in [5.41, 5.74) is 6.64. The van der Waals surface area contributed by atoms with Crippen molar-refractivity contribution >= 4 is 28.1 Å². The SMILES string of the molecule is COc1c(/C(C)=C/C(=O)Nc2ccc(C(C)C)cc2)cc2c(C)c(C)oc2c1C. The zero-order valence-corrected chi connectivity index (χ0v) is 18.3. The molecule has 1 aromatic heterocycles. The minimum absolute atomic E-state index is 0.167. The van der Waals surface area contributed by atoms with E-state index in [1.807, 2.05) is 58.0 Å². The molecule has 3 aromatic rings. The predicted octanol–water partition coefficient (Wildman–Crippen LogP) is 6.53. The molecular weight excluding hydrogens is 362 g/mol. The molecule has 1 amide bonds. The lowest BCUT2D eigenvalue weighted by atomic mass is 9.98. The fourth-order valence-electron chi connectivity index (χ4n) is 3.57. The molecule has 1 heterocycles. The molecule has 0 unspecified atom stereocenters. The van der Waals surface area contributed by atoms with Crippen LogP contribution in [0.2, 0.25) is 0 Å². The molecule has 2 aromatic carbocycles. The Morgan fingerprint density at radius 3 is 2.34 bits per heavy atom. The number of aryl methyl sites for hydroxylation is 3. The van der Waals surface area contributed by atoms with E-state index in [2.05, 4.69) is 19.2 Å². The fourth-order valence-corrected chi connectivity index (χ4v) is 3.57. The summed E-state index contributed by atoms with van der Waals surface area (Å²) in [6.07, 6.45) is 1.61. The molecule has 0 aliphatic heterocycles. The summed E-state index contributed by atoms with van der Waals surface area (Å²) in [5.74, 6) is 1.92. The normalized spacial score (nSPS) is 11.9. The molecule has 3 rings (SSSR count). The number of carbonyl (C=O) groups is 1. The Morgan fingerprint density at radius 1 is 1.10 bits per heavy atom. The van der Waals surface area contributed by atoms with E-state index in [0.717, 1.165) is 50.4 Å². The van der Waals surface area contributed by atoms with E-state index in [-0.39, 0.29) is 5.91 Å². The summed E-state index contributed by atoms with van der Waals surface area (Å²) in [6, 6.07) is 10.0. The highest BCUT2D eigenvalue weighted by atomic mass is 16.5. The van der Waals surface area contributed by atoms with E-state index in [9.17, 15) is 4.79 Å². The third kappa shape index (κ3) is 4.07. The third-order valence-corrected chi connectivity index (χ3v) is 5.47. The van der Waals surface area contributed by atoms with Gasteiger partial charge in [0.15, 0.2) is 0 Å². The van der Waals surface area contributed by atoms with Crippen LogP contribution in [0.4, 0.5) is 5.69 Å². The number of hydrogen-bond donors (Lipinski definition) is 1. The molecule has 0 radical (unpaired) electrons. The van der Waals surface area contributed by atoms with Gasteiger partial charge in [-0.3, -0.25) is 4.79 Å². The smallest absolute Gasteiger partial charge is 0.248 e. The molecule has 0 bridgehead atoms. The average molecular weight is 392 g/mol. The number of benzene rings is 2. The van der Waals surface area contributed by atoms with Gasteiger partial charge in [-0.2, -0.15) is 0 Å². The van der Waals surface area contributed by atoms with Gasteiger partial charge in [-0.15, -0.1) is 0 Å². The Kier molecular flexibility index (Phi) is 5.83. The number of nitrogens with one attached hydrogen (secondary N) is 1. The maximum atomic E-state index is 12.6. The molecule has 0 saturated heterocycles. The molecule has 0 aliphatic carbocycles. The first-order valence-electron chi connectivity index (χ1n) is 9.89. The van der Waals surface area contributed by atoms with Crippen molar-refractivity contribution in [2.75, 3.05) is 12.4 Å². The number of fused-ring (bicyclic) bond motifs is 1. The van der Waals surface area contributed by atoms with E-state index < -0.39 is 0 Å². The van der Waals surface area contributed by atoms with Crippen LogP contribution >= 0.6 is 0 Å². The number of rotatable bonds is 5. The van der Waals surface area contributed by atoms with Gasteiger partial charge in [0.25, 0.3) is 0 Å². The first-order valence-corrected chi connectivity index (χ1v) is 9.89. The van der Waals surface area contributed by atoms with Gasteiger partial charge in [0.2, 0.25) is 5.91 Å². The molecule has 0 saturated carbocycles.